The number of hydrogen-bond donors (Lipinski definition) is 2. The van der Waals surface area contributed by atoms with Gasteiger partial charge in [0.05, 0.1) is 6.20 Å². The molecule has 1 aromatic heterocycles. The lowest BCUT2D eigenvalue weighted by Crippen LogP contribution is -2.16. The molecule has 0 amide bonds. The van der Waals surface area contributed by atoms with Crippen LogP contribution in [0.5, 0.6) is 0 Å². The maximum Gasteiger partial charge on any atom is 0.279 e. The number of imidazole rings is 1. The van der Waals surface area contributed by atoms with Crippen molar-refractivity contribution in [3.63, 3.8) is 0 Å². The zero-order valence-corrected chi connectivity index (χ0v) is 11.7. The molecule has 0 fully saturated rings. The molecule has 1 aromatic carbocycles. The van der Waals surface area contributed by atoms with Gasteiger partial charge in [-0.3, -0.25) is 4.72 Å². The van der Waals surface area contributed by atoms with Crippen LogP contribution in [0.1, 0.15) is 18.3 Å². The molecule has 108 valence electrons. The van der Waals surface area contributed by atoms with Gasteiger partial charge < -0.3 is 4.98 Å². The first-order valence-corrected chi connectivity index (χ1v) is 7.34. The number of benzene rings is 1. The molecule has 2 rings (SSSR count). The van der Waals surface area contributed by atoms with E-state index in [0.29, 0.717) is 12.2 Å². The lowest BCUT2D eigenvalue weighted by Gasteiger charge is -2.09. The minimum atomic E-state index is -4.11. The van der Waals surface area contributed by atoms with Crippen molar-refractivity contribution in [3.05, 3.63) is 41.4 Å². The number of nitrogens with zero attached hydrogens (tertiary/aromatic N) is 1. The Labute approximate surface area is 115 Å². The normalized spacial score (nSPS) is 11.6. The fourth-order valence-electron chi connectivity index (χ4n) is 1.60. The highest BCUT2D eigenvalue weighted by Gasteiger charge is 2.22. The lowest BCUT2D eigenvalue weighted by molar-refractivity contribution is 0.578. The van der Waals surface area contributed by atoms with E-state index in [1.165, 1.54) is 13.0 Å². The Morgan fingerprint density at radius 1 is 1.35 bits per heavy atom. The van der Waals surface area contributed by atoms with Gasteiger partial charge in [-0.15, -0.1) is 0 Å². The van der Waals surface area contributed by atoms with Gasteiger partial charge in [-0.1, -0.05) is 13.0 Å². The van der Waals surface area contributed by atoms with Gasteiger partial charge in [0.15, 0.2) is 10.8 Å². The standard InChI is InChI=1S/C12H13F2N3O2S/c1-3-9-15-6-10(16-9)20(18,19)17-12-8(13)5-4-7(2)11(12)14/h4-6,17H,3H2,1-2H3,(H,15,16). The summed E-state index contributed by atoms with van der Waals surface area (Å²) in [5.41, 5.74) is -0.555. The van der Waals surface area contributed by atoms with Crippen LogP contribution in [0.4, 0.5) is 14.5 Å². The van der Waals surface area contributed by atoms with Gasteiger partial charge in [-0.25, -0.2) is 13.8 Å². The van der Waals surface area contributed by atoms with Gasteiger partial charge >= 0.3 is 0 Å². The molecule has 0 radical (unpaired) electrons. The molecule has 0 unspecified atom stereocenters. The van der Waals surface area contributed by atoms with Gasteiger partial charge in [0.1, 0.15) is 17.3 Å². The first kappa shape index (κ1) is 14.4. The predicted molar refractivity (Wildman–Crippen MR) is 69.9 cm³/mol. The smallest absolute Gasteiger partial charge is 0.279 e. The first-order valence-electron chi connectivity index (χ1n) is 5.86. The van der Waals surface area contributed by atoms with Crippen molar-refractivity contribution in [1.29, 1.82) is 0 Å². The van der Waals surface area contributed by atoms with E-state index < -0.39 is 27.3 Å². The van der Waals surface area contributed by atoms with Crippen LogP contribution >= 0.6 is 0 Å². The fraction of sp³-hybridized carbons (Fsp3) is 0.250. The van der Waals surface area contributed by atoms with Gasteiger partial charge in [-0.05, 0) is 18.6 Å². The molecule has 0 bridgehead atoms. The van der Waals surface area contributed by atoms with Crippen molar-refractivity contribution < 1.29 is 17.2 Å². The molecule has 0 spiro atoms. The van der Waals surface area contributed by atoms with Crippen molar-refractivity contribution in [2.24, 2.45) is 0 Å². The van der Waals surface area contributed by atoms with E-state index in [2.05, 4.69) is 9.97 Å². The molecule has 0 saturated heterocycles. The number of nitrogens with one attached hydrogen (secondary N) is 2. The molecule has 2 N–H and O–H groups in total. The Bertz CT molecular complexity index is 741. The first-order chi connectivity index (χ1) is 9.35. The van der Waals surface area contributed by atoms with Crippen LogP contribution in [0.2, 0.25) is 0 Å². The monoisotopic (exact) mass is 301 g/mol. The summed E-state index contributed by atoms with van der Waals surface area (Å²) in [4.78, 5) is 6.41. The Morgan fingerprint density at radius 2 is 2.05 bits per heavy atom. The van der Waals surface area contributed by atoms with Crippen molar-refractivity contribution in [1.82, 2.24) is 9.97 Å². The van der Waals surface area contributed by atoms with E-state index in [0.717, 1.165) is 12.3 Å². The molecule has 20 heavy (non-hydrogen) atoms. The quantitative estimate of drug-likeness (QED) is 0.910. The summed E-state index contributed by atoms with van der Waals surface area (Å²) in [6, 6.07) is 2.23. The van der Waals surface area contributed by atoms with Gasteiger partial charge in [0.2, 0.25) is 0 Å². The van der Waals surface area contributed by atoms with Crippen molar-refractivity contribution in [2.45, 2.75) is 25.3 Å². The number of H-pyrrole nitrogens is 1. The van der Waals surface area contributed by atoms with E-state index >= 15 is 0 Å². The topological polar surface area (TPSA) is 74.8 Å². The SMILES string of the molecule is CCc1ncc(S(=O)(=O)Nc2c(F)ccc(C)c2F)[nH]1. The largest absolute Gasteiger partial charge is 0.332 e. The number of anilines is 1. The van der Waals surface area contributed by atoms with Crippen LogP contribution in [0.25, 0.3) is 0 Å². The number of hydrogen-bond acceptors (Lipinski definition) is 3. The van der Waals surface area contributed by atoms with Crippen LogP contribution in [-0.4, -0.2) is 18.4 Å². The molecule has 5 nitrogen and oxygen atoms in total. The molecular weight excluding hydrogens is 288 g/mol. The molecule has 0 atom stereocenters. The summed E-state index contributed by atoms with van der Waals surface area (Å²) in [6.07, 6.45) is 1.62. The van der Waals surface area contributed by atoms with Crippen LogP contribution < -0.4 is 4.72 Å². The number of sulfonamides is 1. The maximum absolute atomic E-state index is 13.8. The zero-order valence-electron chi connectivity index (χ0n) is 10.9. The highest BCUT2D eigenvalue weighted by molar-refractivity contribution is 7.92. The number of aromatic amines is 1. The van der Waals surface area contributed by atoms with E-state index in [4.69, 9.17) is 0 Å². The Kier molecular flexibility index (Phi) is 3.76. The average Bonchev–Trinajstić information content (AvgIpc) is 2.89. The van der Waals surface area contributed by atoms with Crippen molar-refractivity contribution in [3.8, 4) is 0 Å². The van der Waals surface area contributed by atoms with Gasteiger partial charge in [-0.2, -0.15) is 8.42 Å². The van der Waals surface area contributed by atoms with Crippen LogP contribution in [0.3, 0.4) is 0 Å². The summed E-state index contributed by atoms with van der Waals surface area (Å²) in [6.45, 7) is 3.21. The van der Waals surface area contributed by atoms with E-state index in [1.54, 1.807) is 6.92 Å². The highest BCUT2D eigenvalue weighted by atomic mass is 32.2. The maximum atomic E-state index is 13.8. The number of halogens is 2. The third-order valence-corrected chi connectivity index (χ3v) is 4.01. The van der Waals surface area contributed by atoms with E-state index in [1.807, 2.05) is 4.72 Å². The van der Waals surface area contributed by atoms with E-state index in [-0.39, 0.29) is 10.6 Å². The summed E-state index contributed by atoms with van der Waals surface area (Å²) >= 11 is 0. The van der Waals surface area contributed by atoms with Gasteiger partial charge in [0.25, 0.3) is 10.0 Å². The van der Waals surface area contributed by atoms with E-state index in [9.17, 15) is 17.2 Å². The van der Waals surface area contributed by atoms with Crippen LogP contribution in [0, 0.1) is 18.6 Å². The summed E-state index contributed by atoms with van der Waals surface area (Å²) < 4.78 is 53.3. The fourth-order valence-corrected chi connectivity index (χ4v) is 2.61. The minimum Gasteiger partial charge on any atom is -0.332 e. The second-order valence-electron chi connectivity index (χ2n) is 4.21. The Hall–Kier alpha value is -1.96. The third kappa shape index (κ3) is 2.64. The molecule has 0 saturated carbocycles. The third-order valence-electron chi connectivity index (χ3n) is 2.75. The minimum absolute atomic E-state index is 0.142. The molecule has 0 aliphatic rings. The Balaban J connectivity index is 2.41. The predicted octanol–water partition coefficient (Wildman–Crippen LogP) is 2.36. The molecule has 1 heterocycles. The number of aryl methyl sites for hydroxylation is 2. The molecule has 8 heteroatoms. The van der Waals surface area contributed by atoms with Gasteiger partial charge in [0, 0.05) is 6.42 Å². The number of aromatic nitrogens is 2. The van der Waals surface area contributed by atoms with Crippen LogP contribution in [-0.2, 0) is 16.4 Å². The second kappa shape index (κ2) is 5.20. The zero-order chi connectivity index (χ0) is 14.9. The van der Waals surface area contributed by atoms with Crippen molar-refractivity contribution in [2.75, 3.05) is 4.72 Å². The molecule has 0 aliphatic carbocycles. The molecule has 2 aromatic rings. The summed E-state index contributed by atoms with van der Waals surface area (Å²) in [5, 5.41) is -0.241. The Morgan fingerprint density at radius 3 is 2.65 bits per heavy atom. The molecule has 0 aliphatic heterocycles. The summed E-state index contributed by atoms with van der Waals surface area (Å²) in [7, 11) is -4.11. The second-order valence-corrected chi connectivity index (χ2v) is 5.86. The van der Waals surface area contributed by atoms with Crippen LogP contribution in [0.15, 0.2) is 23.4 Å². The average molecular weight is 301 g/mol. The summed E-state index contributed by atoms with van der Waals surface area (Å²) in [5.74, 6) is -1.45. The molecular formula is C12H13F2N3O2S. The number of rotatable bonds is 4. The highest BCUT2D eigenvalue weighted by Crippen LogP contribution is 2.24. The van der Waals surface area contributed by atoms with Crippen molar-refractivity contribution >= 4 is 15.7 Å². The lowest BCUT2D eigenvalue weighted by atomic mass is 10.2.